The van der Waals surface area contributed by atoms with Gasteiger partial charge in [-0.15, -0.1) is 0 Å². The van der Waals surface area contributed by atoms with Crippen LogP contribution in [0.25, 0.3) is 5.65 Å². The molecule has 0 radical (unpaired) electrons. The van der Waals surface area contributed by atoms with Crippen LogP contribution in [0.4, 0.5) is 5.69 Å². The van der Waals surface area contributed by atoms with Gasteiger partial charge in [-0.25, -0.2) is 4.98 Å². The molecule has 0 aliphatic heterocycles. The van der Waals surface area contributed by atoms with Gasteiger partial charge in [0.2, 0.25) is 0 Å². The molecule has 0 aliphatic rings. The highest BCUT2D eigenvalue weighted by Crippen LogP contribution is 2.18. The quantitative estimate of drug-likeness (QED) is 0.529. The van der Waals surface area contributed by atoms with Crippen molar-refractivity contribution >= 4 is 23.1 Å². The van der Waals surface area contributed by atoms with Gasteiger partial charge in [-0.1, -0.05) is 12.1 Å². The molecule has 0 fully saturated rings. The van der Waals surface area contributed by atoms with Crippen LogP contribution >= 0.6 is 0 Å². The number of amides is 2. The van der Waals surface area contributed by atoms with Crippen molar-refractivity contribution in [3.8, 4) is 0 Å². The Labute approximate surface area is 167 Å². The Morgan fingerprint density at radius 2 is 2.00 bits per heavy atom. The first-order valence-corrected chi connectivity index (χ1v) is 9.26. The van der Waals surface area contributed by atoms with Crippen LogP contribution in [0.1, 0.15) is 32.2 Å². The highest BCUT2D eigenvalue weighted by Gasteiger charge is 2.13. The maximum absolute atomic E-state index is 12.5. The fourth-order valence-corrected chi connectivity index (χ4v) is 3.00. The highest BCUT2D eigenvalue weighted by molar-refractivity contribution is 6.03. The standard InChI is InChI=1S/C22H20N4O3/c1-15-7-8-16(13-18(15)25-22(28)19-5-4-12-29-19)21(27)23-10-9-17-14-26-11-3-2-6-20(26)24-17/h2-8,11-14H,9-10H2,1H3,(H,23,27)(H,25,28). The molecule has 0 saturated carbocycles. The molecule has 0 saturated heterocycles. The Morgan fingerprint density at radius 3 is 2.79 bits per heavy atom. The highest BCUT2D eigenvalue weighted by atomic mass is 16.3. The third kappa shape index (κ3) is 4.19. The van der Waals surface area contributed by atoms with Gasteiger partial charge < -0.3 is 19.5 Å². The third-order valence-corrected chi connectivity index (χ3v) is 4.57. The smallest absolute Gasteiger partial charge is 0.291 e. The summed E-state index contributed by atoms with van der Waals surface area (Å²) in [5.41, 5.74) is 3.68. The SMILES string of the molecule is Cc1ccc(C(=O)NCCc2cn3ccccc3n2)cc1NC(=O)c1ccco1. The van der Waals surface area contributed by atoms with Crippen molar-refractivity contribution in [2.75, 3.05) is 11.9 Å². The zero-order valence-electron chi connectivity index (χ0n) is 15.9. The number of anilines is 1. The Kier molecular flexibility index (Phi) is 5.11. The Hall–Kier alpha value is -3.87. The number of nitrogens with one attached hydrogen (secondary N) is 2. The normalized spacial score (nSPS) is 10.8. The molecule has 3 aromatic heterocycles. The Bertz CT molecular complexity index is 1130. The van der Waals surface area contributed by atoms with E-state index < -0.39 is 0 Å². The average molecular weight is 388 g/mol. The molecule has 0 aliphatic carbocycles. The van der Waals surface area contributed by atoms with Gasteiger partial charge in [-0.2, -0.15) is 0 Å². The van der Waals surface area contributed by atoms with Crippen LogP contribution in [-0.2, 0) is 6.42 Å². The first-order valence-electron chi connectivity index (χ1n) is 9.26. The van der Waals surface area contributed by atoms with Crippen LogP contribution < -0.4 is 10.6 Å². The molecule has 146 valence electrons. The van der Waals surface area contributed by atoms with Crippen molar-refractivity contribution in [2.45, 2.75) is 13.3 Å². The molecular formula is C22H20N4O3. The lowest BCUT2D eigenvalue weighted by molar-refractivity contribution is 0.0952. The van der Waals surface area contributed by atoms with Gasteiger partial charge in [0.1, 0.15) is 5.65 Å². The van der Waals surface area contributed by atoms with E-state index in [4.69, 9.17) is 4.42 Å². The average Bonchev–Trinajstić information content (AvgIpc) is 3.39. The largest absolute Gasteiger partial charge is 0.459 e. The number of hydrogen-bond acceptors (Lipinski definition) is 4. The van der Waals surface area contributed by atoms with Gasteiger partial charge in [-0.05, 0) is 48.9 Å². The lowest BCUT2D eigenvalue weighted by atomic mass is 10.1. The van der Waals surface area contributed by atoms with Crippen molar-refractivity contribution in [3.05, 3.63) is 89.8 Å². The van der Waals surface area contributed by atoms with Crippen LogP contribution in [0, 0.1) is 6.92 Å². The van der Waals surface area contributed by atoms with Crippen molar-refractivity contribution in [1.82, 2.24) is 14.7 Å². The van der Waals surface area contributed by atoms with E-state index in [0.29, 0.717) is 24.2 Å². The second kappa shape index (κ2) is 8.02. The van der Waals surface area contributed by atoms with Crippen LogP contribution in [0.15, 0.2) is 71.6 Å². The topological polar surface area (TPSA) is 88.6 Å². The lowest BCUT2D eigenvalue weighted by Gasteiger charge is -2.10. The zero-order valence-corrected chi connectivity index (χ0v) is 15.9. The molecule has 0 bridgehead atoms. The van der Waals surface area contributed by atoms with Crippen molar-refractivity contribution < 1.29 is 14.0 Å². The van der Waals surface area contributed by atoms with E-state index in [1.54, 1.807) is 30.3 Å². The molecular weight excluding hydrogens is 368 g/mol. The number of carbonyl (C=O) groups is 2. The van der Waals surface area contributed by atoms with Gasteiger partial charge in [0.25, 0.3) is 11.8 Å². The summed E-state index contributed by atoms with van der Waals surface area (Å²) in [6, 6.07) is 14.2. The van der Waals surface area contributed by atoms with E-state index in [-0.39, 0.29) is 17.6 Å². The number of carbonyl (C=O) groups excluding carboxylic acids is 2. The molecule has 1 aromatic carbocycles. The van der Waals surface area contributed by atoms with E-state index in [0.717, 1.165) is 16.9 Å². The van der Waals surface area contributed by atoms with Crippen LogP contribution in [0.2, 0.25) is 0 Å². The maximum atomic E-state index is 12.5. The van der Waals surface area contributed by atoms with E-state index in [1.807, 2.05) is 41.9 Å². The molecule has 2 amide bonds. The minimum atomic E-state index is -0.359. The minimum Gasteiger partial charge on any atom is -0.459 e. The maximum Gasteiger partial charge on any atom is 0.291 e. The monoisotopic (exact) mass is 388 g/mol. The second-order valence-electron chi connectivity index (χ2n) is 6.67. The number of aromatic nitrogens is 2. The summed E-state index contributed by atoms with van der Waals surface area (Å²) in [5.74, 6) is -0.350. The number of imidazole rings is 1. The number of hydrogen-bond donors (Lipinski definition) is 2. The summed E-state index contributed by atoms with van der Waals surface area (Å²) in [7, 11) is 0. The van der Waals surface area contributed by atoms with Gasteiger partial charge in [-0.3, -0.25) is 9.59 Å². The van der Waals surface area contributed by atoms with Gasteiger partial charge >= 0.3 is 0 Å². The van der Waals surface area contributed by atoms with Crippen molar-refractivity contribution in [2.24, 2.45) is 0 Å². The molecule has 0 spiro atoms. The van der Waals surface area contributed by atoms with Gasteiger partial charge in [0.15, 0.2) is 5.76 Å². The van der Waals surface area contributed by atoms with Crippen LogP contribution in [-0.4, -0.2) is 27.7 Å². The number of nitrogens with zero attached hydrogens (tertiary/aromatic N) is 2. The molecule has 4 rings (SSSR count). The Balaban J connectivity index is 1.38. The number of benzene rings is 1. The summed E-state index contributed by atoms with van der Waals surface area (Å²) in [5, 5.41) is 5.68. The molecule has 3 heterocycles. The molecule has 7 heteroatoms. The summed E-state index contributed by atoms with van der Waals surface area (Å²) < 4.78 is 7.05. The van der Waals surface area contributed by atoms with Crippen LogP contribution in [0.5, 0.6) is 0 Å². The van der Waals surface area contributed by atoms with Gasteiger partial charge in [0, 0.05) is 36.6 Å². The summed E-state index contributed by atoms with van der Waals surface area (Å²) >= 11 is 0. The number of furan rings is 1. The third-order valence-electron chi connectivity index (χ3n) is 4.57. The predicted molar refractivity (Wildman–Crippen MR) is 109 cm³/mol. The lowest BCUT2D eigenvalue weighted by Crippen LogP contribution is -2.26. The second-order valence-corrected chi connectivity index (χ2v) is 6.67. The minimum absolute atomic E-state index is 0.206. The van der Waals surface area contributed by atoms with Crippen molar-refractivity contribution in [1.29, 1.82) is 0 Å². The van der Waals surface area contributed by atoms with E-state index in [2.05, 4.69) is 15.6 Å². The predicted octanol–water partition coefficient (Wildman–Crippen LogP) is 3.46. The first-order chi connectivity index (χ1) is 14.1. The van der Waals surface area contributed by atoms with Crippen LogP contribution in [0.3, 0.4) is 0 Å². The molecule has 7 nitrogen and oxygen atoms in total. The first kappa shape index (κ1) is 18.5. The fourth-order valence-electron chi connectivity index (χ4n) is 3.00. The number of aryl methyl sites for hydroxylation is 1. The summed E-state index contributed by atoms with van der Waals surface area (Å²) in [4.78, 5) is 29.2. The molecule has 0 unspecified atom stereocenters. The fraction of sp³-hybridized carbons (Fsp3) is 0.136. The number of fused-ring (bicyclic) bond motifs is 1. The summed E-state index contributed by atoms with van der Waals surface area (Å²) in [6.45, 7) is 2.33. The van der Waals surface area contributed by atoms with Gasteiger partial charge in [0.05, 0.1) is 12.0 Å². The molecule has 2 N–H and O–H groups in total. The number of rotatable bonds is 6. The van der Waals surface area contributed by atoms with Crippen molar-refractivity contribution in [3.63, 3.8) is 0 Å². The molecule has 29 heavy (non-hydrogen) atoms. The Morgan fingerprint density at radius 1 is 1.10 bits per heavy atom. The van der Waals surface area contributed by atoms with E-state index in [9.17, 15) is 9.59 Å². The molecule has 0 atom stereocenters. The molecule has 4 aromatic rings. The summed E-state index contributed by atoms with van der Waals surface area (Å²) in [6.07, 6.45) is 5.96. The number of pyridine rings is 1. The van der Waals surface area contributed by atoms with E-state index >= 15 is 0 Å². The zero-order chi connectivity index (χ0) is 20.2. The van der Waals surface area contributed by atoms with E-state index in [1.165, 1.54) is 6.26 Å².